The molecule has 1 saturated heterocycles. The molecule has 1 fully saturated rings. The molecule has 1 N–H and O–H groups in total. The number of hydrogen-bond acceptors (Lipinski definition) is 3. The van der Waals surface area contributed by atoms with Crippen LogP contribution in [0.3, 0.4) is 0 Å². The Balaban J connectivity index is 1.84. The first kappa shape index (κ1) is 16.3. The van der Waals surface area contributed by atoms with Gasteiger partial charge in [-0.2, -0.15) is 18.3 Å². The third-order valence-electron chi connectivity index (χ3n) is 3.36. The number of carbonyl (C=O) groups is 2. The van der Waals surface area contributed by atoms with Crippen molar-refractivity contribution in [2.45, 2.75) is 32.1 Å². The van der Waals surface area contributed by atoms with E-state index in [0.717, 1.165) is 0 Å². The third kappa shape index (κ3) is 4.47. The molecular weight excluding hydrogens is 301 g/mol. The lowest BCUT2D eigenvalue weighted by molar-refractivity contribution is -0.157. The van der Waals surface area contributed by atoms with Crippen molar-refractivity contribution < 1.29 is 22.8 Å². The lowest BCUT2D eigenvalue weighted by Crippen LogP contribution is -2.41. The Bertz CT molecular complexity index is 530. The predicted octanol–water partition coefficient (Wildman–Crippen LogP) is 0.799. The fourth-order valence-corrected chi connectivity index (χ4v) is 2.41. The summed E-state index contributed by atoms with van der Waals surface area (Å²) in [6, 6.07) is 1.51. The first-order valence-electron chi connectivity index (χ1n) is 6.87. The molecule has 2 amide bonds. The number of alkyl halides is 3. The zero-order chi connectivity index (χ0) is 16.3. The van der Waals surface area contributed by atoms with Crippen LogP contribution in [0, 0.1) is 5.92 Å². The SMILES string of the molecule is C[C@H](Cn1cccn1)NC(=O)[C@H]1CC(=O)N(CC(F)(F)F)C1. The van der Waals surface area contributed by atoms with Crippen molar-refractivity contribution in [3.05, 3.63) is 18.5 Å². The Kier molecular flexibility index (Phi) is 4.72. The lowest BCUT2D eigenvalue weighted by Gasteiger charge is -2.19. The molecule has 22 heavy (non-hydrogen) atoms. The van der Waals surface area contributed by atoms with E-state index in [1.807, 2.05) is 0 Å². The minimum absolute atomic E-state index is 0.184. The minimum atomic E-state index is -4.45. The molecule has 0 bridgehead atoms. The number of halogens is 3. The Labute approximate surface area is 125 Å². The zero-order valence-corrected chi connectivity index (χ0v) is 12.0. The van der Waals surface area contributed by atoms with Crippen LogP contribution in [0.25, 0.3) is 0 Å². The summed E-state index contributed by atoms with van der Waals surface area (Å²) in [6.45, 7) is 0.715. The van der Waals surface area contributed by atoms with E-state index in [-0.39, 0.29) is 19.0 Å². The predicted molar refractivity (Wildman–Crippen MR) is 70.6 cm³/mol. The summed E-state index contributed by atoms with van der Waals surface area (Å²) in [6.07, 6.45) is -1.28. The van der Waals surface area contributed by atoms with E-state index in [2.05, 4.69) is 10.4 Å². The molecule has 0 unspecified atom stereocenters. The number of nitrogens with one attached hydrogen (secondary N) is 1. The number of amides is 2. The lowest BCUT2D eigenvalue weighted by atomic mass is 10.1. The highest BCUT2D eigenvalue weighted by Gasteiger charge is 2.40. The first-order chi connectivity index (χ1) is 10.2. The second-order valence-electron chi connectivity index (χ2n) is 5.43. The van der Waals surface area contributed by atoms with Crippen LogP contribution in [0.1, 0.15) is 13.3 Å². The van der Waals surface area contributed by atoms with Gasteiger partial charge in [-0.3, -0.25) is 14.3 Å². The van der Waals surface area contributed by atoms with E-state index in [1.54, 1.807) is 30.1 Å². The van der Waals surface area contributed by atoms with Crippen molar-refractivity contribution in [1.82, 2.24) is 20.0 Å². The number of likely N-dealkylation sites (tertiary alicyclic amines) is 1. The summed E-state index contributed by atoms with van der Waals surface area (Å²) in [5.41, 5.74) is 0. The van der Waals surface area contributed by atoms with Crippen LogP contribution in [0.5, 0.6) is 0 Å². The van der Waals surface area contributed by atoms with Gasteiger partial charge in [0.25, 0.3) is 0 Å². The molecule has 122 valence electrons. The van der Waals surface area contributed by atoms with Gasteiger partial charge in [-0.1, -0.05) is 0 Å². The van der Waals surface area contributed by atoms with E-state index in [9.17, 15) is 22.8 Å². The van der Waals surface area contributed by atoms with Crippen LogP contribution in [-0.2, 0) is 16.1 Å². The van der Waals surface area contributed by atoms with E-state index in [1.165, 1.54) is 0 Å². The Morgan fingerprint density at radius 1 is 1.55 bits per heavy atom. The van der Waals surface area contributed by atoms with Crippen LogP contribution in [0.15, 0.2) is 18.5 Å². The zero-order valence-electron chi connectivity index (χ0n) is 12.0. The van der Waals surface area contributed by atoms with E-state index in [0.29, 0.717) is 11.4 Å². The van der Waals surface area contributed by atoms with Crippen LogP contribution in [-0.4, -0.2) is 51.8 Å². The highest BCUT2D eigenvalue weighted by atomic mass is 19.4. The van der Waals surface area contributed by atoms with Crippen molar-refractivity contribution in [3.8, 4) is 0 Å². The fourth-order valence-electron chi connectivity index (χ4n) is 2.41. The molecule has 1 aliphatic rings. The maximum Gasteiger partial charge on any atom is 0.406 e. The molecule has 0 aromatic carbocycles. The van der Waals surface area contributed by atoms with Crippen molar-refractivity contribution in [2.24, 2.45) is 5.92 Å². The summed E-state index contributed by atoms with van der Waals surface area (Å²) in [4.78, 5) is 24.3. The molecule has 0 saturated carbocycles. The molecule has 0 spiro atoms. The molecule has 1 aromatic heterocycles. The summed E-state index contributed by atoms with van der Waals surface area (Å²) in [7, 11) is 0. The Hall–Kier alpha value is -2.06. The molecule has 1 aromatic rings. The van der Waals surface area contributed by atoms with Crippen molar-refractivity contribution >= 4 is 11.8 Å². The molecule has 2 rings (SSSR count). The topological polar surface area (TPSA) is 67.2 Å². The van der Waals surface area contributed by atoms with Crippen LogP contribution in [0.2, 0.25) is 0 Å². The van der Waals surface area contributed by atoms with Crippen molar-refractivity contribution in [3.63, 3.8) is 0 Å². The first-order valence-corrected chi connectivity index (χ1v) is 6.87. The standard InChI is InChI=1S/C13H17F3N4O2/c1-9(6-20-4-2-3-17-20)18-12(22)10-5-11(21)19(7-10)8-13(14,15)16/h2-4,9-10H,5-8H2,1H3,(H,18,22)/t9-,10+/m1/s1. The van der Waals surface area contributed by atoms with Gasteiger partial charge in [-0.25, -0.2) is 0 Å². The number of nitrogens with zero attached hydrogens (tertiary/aromatic N) is 3. The number of carbonyl (C=O) groups excluding carboxylic acids is 2. The normalized spacial score (nSPS) is 20.3. The maximum absolute atomic E-state index is 12.3. The fraction of sp³-hybridized carbons (Fsp3) is 0.615. The quantitative estimate of drug-likeness (QED) is 0.873. The Morgan fingerprint density at radius 2 is 2.27 bits per heavy atom. The second-order valence-corrected chi connectivity index (χ2v) is 5.43. The molecular formula is C13H17F3N4O2. The highest BCUT2D eigenvalue weighted by Crippen LogP contribution is 2.24. The van der Waals surface area contributed by atoms with E-state index >= 15 is 0 Å². The average Bonchev–Trinajstić information content (AvgIpc) is 2.98. The summed E-state index contributed by atoms with van der Waals surface area (Å²) in [5.74, 6) is -1.79. The summed E-state index contributed by atoms with van der Waals surface area (Å²) >= 11 is 0. The molecule has 6 nitrogen and oxygen atoms in total. The number of hydrogen-bond donors (Lipinski definition) is 1. The highest BCUT2D eigenvalue weighted by molar-refractivity contribution is 5.89. The van der Waals surface area contributed by atoms with Gasteiger partial charge in [0.2, 0.25) is 11.8 Å². The van der Waals surface area contributed by atoms with Crippen LogP contribution in [0.4, 0.5) is 13.2 Å². The number of aromatic nitrogens is 2. The summed E-state index contributed by atoms with van der Waals surface area (Å²) in [5, 5.41) is 6.71. The molecule has 0 radical (unpaired) electrons. The van der Waals surface area contributed by atoms with E-state index in [4.69, 9.17) is 0 Å². The van der Waals surface area contributed by atoms with Gasteiger partial charge in [-0.05, 0) is 13.0 Å². The van der Waals surface area contributed by atoms with Crippen LogP contribution < -0.4 is 5.32 Å². The monoisotopic (exact) mass is 318 g/mol. The van der Waals surface area contributed by atoms with Gasteiger partial charge >= 0.3 is 6.18 Å². The molecule has 1 aliphatic heterocycles. The van der Waals surface area contributed by atoms with Crippen LogP contribution >= 0.6 is 0 Å². The van der Waals surface area contributed by atoms with Gasteiger partial charge < -0.3 is 10.2 Å². The second kappa shape index (κ2) is 6.37. The third-order valence-corrected chi connectivity index (χ3v) is 3.36. The molecule has 2 heterocycles. The van der Waals surface area contributed by atoms with Gasteiger partial charge in [0, 0.05) is 31.4 Å². The number of rotatable bonds is 5. The van der Waals surface area contributed by atoms with Gasteiger partial charge in [0.1, 0.15) is 6.54 Å². The molecule has 9 heteroatoms. The van der Waals surface area contributed by atoms with Gasteiger partial charge in [0.05, 0.1) is 12.5 Å². The maximum atomic E-state index is 12.3. The average molecular weight is 318 g/mol. The smallest absolute Gasteiger partial charge is 0.351 e. The largest absolute Gasteiger partial charge is 0.406 e. The van der Waals surface area contributed by atoms with Gasteiger partial charge in [0.15, 0.2) is 0 Å². The minimum Gasteiger partial charge on any atom is -0.351 e. The van der Waals surface area contributed by atoms with E-state index < -0.39 is 30.5 Å². The molecule has 2 atom stereocenters. The molecule has 0 aliphatic carbocycles. The van der Waals surface area contributed by atoms with Crippen molar-refractivity contribution in [2.75, 3.05) is 13.1 Å². The Morgan fingerprint density at radius 3 is 2.86 bits per heavy atom. The summed E-state index contributed by atoms with van der Waals surface area (Å²) < 4.78 is 38.6. The van der Waals surface area contributed by atoms with Crippen molar-refractivity contribution in [1.29, 1.82) is 0 Å². The van der Waals surface area contributed by atoms with Gasteiger partial charge in [-0.15, -0.1) is 0 Å².